The first-order valence-corrected chi connectivity index (χ1v) is 9.10. The van der Waals surface area contributed by atoms with E-state index in [0.717, 1.165) is 0 Å². The minimum atomic E-state index is -0.974. The summed E-state index contributed by atoms with van der Waals surface area (Å²) in [6.45, 7) is 1.90. The van der Waals surface area contributed by atoms with Crippen molar-refractivity contribution >= 4 is 35.1 Å². The summed E-state index contributed by atoms with van der Waals surface area (Å²) in [5.41, 5.74) is 1.01. The van der Waals surface area contributed by atoms with Crippen molar-refractivity contribution in [2.45, 2.75) is 26.2 Å². The molecule has 0 aliphatic rings. The van der Waals surface area contributed by atoms with Crippen LogP contribution in [0.15, 0.2) is 48.5 Å². The van der Waals surface area contributed by atoms with Gasteiger partial charge in [-0.3, -0.25) is 14.4 Å². The first-order chi connectivity index (χ1) is 13.9. The molecular formula is C21H22N2O6. The highest BCUT2D eigenvalue weighted by molar-refractivity contribution is 6.12. The quantitative estimate of drug-likeness (QED) is 0.557. The fourth-order valence-electron chi connectivity index (χ4n) is 2.57. The fraction of sp³-hybridized carbons (Fsp3) is 0.238. The topological polar surface area (TPSA) is 122 Å². The highest BCUT2D eigenvalue weighted by Crippen LogP contribution is 2.21. The third-order valence-electron chi connectivity index (χ3n) is 3.91. The SMILES string of the molecule is CCOC(=O)c1ccccc1NC(=O)c1ccccc1NC(=O)CCCC(=O)O. The molecular weight excluding hydrogens is 376 g/mol. The van der Waals surface area contributed by atoms with Gasteiger partial charge in [0, 0.05) is 12.8 Å². The summed E-state index contributed by atoms with van der Waals surface area (Å²) in [5.74, 6) is -2.43. The molecule has 0 spiro atoms. The second kappa shape index (κ2) is 10.6. The van der Waals surface area contributed by atoms with E-state index in [1.54, 1.807) is 49.4 Å². The Hall–Kier alpha value is -3.68. The largest absolute Gasteiger partial charge is 0.481 e. The number of carbonyl (C=O) groups is 4. The molecule has 152 valence electrons. The van der Waals surface area contributed by atoms with Crippen LogP contribution in [0.2, 0.25) is 0 Å². The number of carboxylic acids is 1. The molecule has 0 fully saturated rings. The average Bonchev–Trinajstić information content (AvgIpc) is 2.68. The lowest BCUT2D eigenvalue weighted by atomic mass is 10.1. The molecule has 3 N–H and O–H groups in total. The van der Waals surface area contributed by atoms with Crippen molar-refractivity contribution in [3.8, 4) is 0 Å². The van der Waals surface area contributed by atoms with Crippen LogP contribution in [0.4, 0.5) is 11.4 Å². The number of hydrogen-bond acceptors (Lipinski definition) is 5. The van der Waals surface area contributed by atoms with Crippen LogP contribution in [0.3, 0.4) is 0 Å². The van der Waals surface area contributed by atoms with E-state index in [1.165, 1.54) is 6.07 Å². The van der Waals surface area contributed by atoms with Crippen LogP contribution < -0.4 is 10.6 Å². The number of amides is 2. The average molecular weight is 398 g/mol. The van der Waals surface area contributed by atoms with Crippen molar-refractivity contribution in [3.05, 3.63) is 59.7 Å². The number of ether oxygens (including phenoxy) is 1. The molecule has 0 unspecified atom stereocenters. The fourth-order valence-corrected chi connectivity index (χ4v) is 2.57. The number of carbonyl (C=O) groups excluding carboxylic acids is 3. The monoisotopic (exact) mass is 398 g/mol. The number of aliphatic carboxylic acids is 1. The first kappa shape index (κ1) is 21.6. The zero-order chi connectivity index (χ0) is 21.2. The van der Waals surface area contributed by atoms with Gasteiger partial charge in [-0.1, -0.05) is 24.3 Å². The van der Waals surface area contributed by atoms with Gasteiger partial charge in [-0.25, -0.2) is 4.79 Å². The Labute approximate surface area is 167 Å². The maximum absolute atomic E-state index is 12.8. The number of benzene rings is 2. The zero-order valence-electron chi connectivity index (χ0n) is 15.9. The van der Waals surface area contributed by atoms with Crippen molar-refractivity contribution in [2.75, 3.05) is 17.2 Å². The molecule has 0 atom stereocenters. The molecule has 0 aromatic heterocycles. The molecule has 0 heterocycles. The lowest BCUT2D eigenvalue weighted by Crippen LogP contribution is -2.19. The van der Waals surface area contributed by atoms with Crippen LogP contribution in [0.25, 0.3) is 0 Å². The third kappa shape index (κ3) is 6.46. The van der Waals surface area contributed by atoms with E-state index in [-0.39, 0.29) is 37.0 Å². The van der Waals surface area contributed by atoms with E-state index in [4.69, 9.17) is 9.84 Å². The van der Waals surface area contributed by atoms with Gasteiger partial charge in [-0.15, -0.1) is 0 Å². The van der Waals surface area contributed by atoms with Crippen molar-refractivity contribution in [1.29, 1.82) is 0 Å². The number of para-hydroxylation sites is 2. The Kier molecular flexibility index (Phi) is 7.90. The van der Waals surface area contributed by atoms with Crippen LogP contribution in [-0.4, -0.2) is 35.5 Å². The molecule has 2 amide bonds. The number of rotatable bonds is 9. The second-order valence-corrected chi connectivity index (χ2v) is 6.06. The molecule has 0 saturated heterocycles. The van der Waals surface area contributed by atoms with Gasteiger partial charge in [0.1, 0.15) is 0 Å². The van der Waals surface area contributed by atoms with E-state index in [2.05, 4.69) is 10.6 Å². The van der Waals surface area contributed by atoms with Gasteiger partial charge in [0.15, 0.2) is 0 Å². The molecule has 8 heteroatoms. The summed E-state index contributed by atoms with van der Waals surface area (Å²) in [6, 6.07) is 12.9. The molecule has 0 saturated carbocycles. The van der Waals surface area contributed by atoms with Gasteiger partial charge in [0.25, 0.3) is 5.91 Å². The summed E-state index contributed by atoms with van der Waals surface area (Å²) in [6.07, 6.45) is 0.108. The highest BCUT2D eigenvalue weighted by atomic mass is 16.5. The zero-order valence-corrected chi connectivity index (χ0v) is 15.9. The van der Waals surface area contributed by atoms with Crippen LogP contribution in [0, 0.1) is 0 Å². The Morgan fingerprint density at radius 1 is 0.862 bits per heavy atom. The van der Waals surface area contributed by atoms with Gasteiger partial charge in [0.2, 0.25) is 5.91 Å². The Morgan fingerprint density at radius 3 is 2.07 bits per heavy atom. The summed E-state index contributed by atoms with van der Waals surface area (Å²) in [7, 11) is 0. The maximum atomic E-state index is 12.8. The summed E-state index contributed by atoms with van der Waals surface area (Å²) in [4.78, 5) is 47.4. The minimum Gasteiger partial charge on any atom is -0.481 e. The summed E-state index contributed by atoms with van der Waals surface area (Å²) < 4.78 is 5.00. The molecule has 2 aromatic rings. The van der Waals surface area contributed by atoms with E-state index >= 15 is 0 Å². The van der Waals surface area contributed by atoms with Crippen molar-refractivity contribution in [1.82, 2.24) is 0 Å². The normalized spacial score (nSPS) is 10.1. The lowest BCUT2D eigenvalue weighted by molar-refractivity contribution is -0.137. The molecule has 29 heavy (non-hydrogen) atoms. The lowest BCUT2D eigenvalue weighted by Gasteiger charge is -2.13. The van der Waals surface area contributed by atoms with Crippen molar-refractivity contribution < 1.29 is 29.0 Å². The smallest absolute Gasteiger partial charge is 0.340 e. The van der Waals surface area contributed by atoms with Crippen LogP contribution in [0.1, 0.15) is 46.9 Å². The van der Waals surface area contributed by atoms with Crippen LogP contribution in [0.5, 0.6) is 0 Å². The molecule has 0 radical (unpaired) electrons. The number of nitrogens with one attached hydrogen (secondary N) is 2. The summed E-state index contributed by atoms with van der Waals surface area (Å²) >= 11 is 0. The Morgan fingerprint density at radius 2 is 1.45 bits per heavy atom. The minimum absolute atomic E-state index is 0.0218. The maximum Gasteiger partial charge on any atom is 0.340 e. The Balaban J connectivity index is 2.14. The van der Waals surface area contributed by atoms with E-state index in [9.17, 15) is 19.2 Å². The predicted octanol–water partition coefficient (Wildman–Crippen LogP) is 3.31. The number of carboxylic acid groups (broad SMARTS) is 1. The first-order valence-electron chi connectivity index (χ1n) is 9.10. The van der Waals surface area contributed by atoms with Gasteiger partial charge in [0.05, 0.1) is 29.1 Å². The second-order valence-electron chi connectivity index (χ2n) is 6.06. The Bertz CT molecular complexity index is 910. The van der Waals surface area contributed by atoms with Gasteiger partial charge >= 0.3 is 11.9 Å². The molecule has 2 aromatic carbocycles. The van der Waals surface area contributed by atoms with Gasteiger partial charge < -0.3 is 20.5 Å². The van der Waals surface area contributed by atoms with Gasteiger partial charge in [-0.2, -0.15) is 0 Å². The standard InChI is InChI=1S/C21H22N2O6/c1-2-29-21(28)15-9-4-6-11-17(15)23-20(27)14-8-3-5-10-16(14)22-18(24)12-7-13-19(25)26/h3-6,8-11H,2,7,12-13H2,1H3,(H,22,24)(H,23,27)(H,25,26). The number of anilines is 2. The third-order valence-corrected chi connectivity index (χ3v) is 3.91. The van der Waals surface area contributed by atoms with E-state index < -0.39 is 23.8 Å². The van der Waals surface area contributed by atoms with Gasteiger partial charge in [-0.05, 0) is 37.6 Å². The molecule has 0 aliphatic carbocycles. The number of hydrogen-bond donors (Lipinski definition) is 3. The predicted molar refractivity (Wildman–Crippen MR) is 107 cm³/mol. The molecule has 0 bridgehead atoms. The highest BCUT2D eigenvalue weighted by Gasteiger charge is 2.17. The van der Waals surface area contributed by atoms with Crippen LogP contribution in [-0.2, 0) is 14.3 Å². The van der Waals surface area contributed by atoms with Crippen molar-refractivity contribution in [3.63, 3.8) is 0 Å². The van der Waals surface area contributed by atoms with E-state index in [0.29, 0.717) is 11.4 Å². The summed E-state index contributed by atoms with van der Waals surface area (Å²) in [5, 5.41) is 13.9. The molecule has 8 nitrogen and oxygen atoms in total. The number of esters is 1. The molecule has 2 rings (SSSR count). The van der Waals surface area contributed by atoms with E-state index in [1.807, 2.05) is 0 Å². The van der Waals surface area contributed by atoms with Crippen LogP contribution >= 0.6 is 0 Å². The van der Waals surface area contributed by atoms with Crippen molar-refractivity contribution in [2.24, 2.45) is 0 Å². The molecule has 0 aliphatic heterocycles.